The number of fused-ring (bicyclic) bond motifs is 4. The number of nitrogens with zero attached hydrogens (tertiary/aromatic N) is 5. The summed E-state index contributed by atoms with van der Waals surface area (Å²) in [6.07, 6.45) is 4.23. The number of benzene rings is 1. The third kappa shape index (κ3) is 3.46. The molecule has 1 saturated carbocycles. The van der Waals surface area contributed by atoms with Crippen molar-refractivity contribution in [3.63, 3.8) is 0 Å². The van der Waals surface area contributed by atoms with E-state index in [1.165, 1.54) is 0 Å². The molecule has 0 spiro atoms. The lowest BCUT2D eigenvalue weighted by atomic mass is 10.0. The molecular formula is C26H32N6O3. The highest BCUT2D eigenvalue weighted by Crippen LogP contribution is 2.48. The molecule has 3 saturated heterocycles. The Morgan fingerprint density at radius 2 is 2.03 bits per heavy atom. The van der Waals surface area contributed by atoms with Crippen molar-refractivity contribution in [2.45, 2.75) is 68.4 Å². The number of likely N-dealkylation sites (tertiary alicyclic amines) is 3. The first-order valence-electron chi connectivity index (χ1n) is 12.7. The number of carbonyl (C=O) groups excluding carboxylic acids is 3. The highest BCUT2D eigenvalue weighted by atomic mass is 16.2. The minimum atomic E-state index is -0.717. The fourth-order valence-corrected chi connectivity index (χ4v) is 6.99. The zero-order valence-corrected chi connectivity index (χ0v) is 20.3. The first-order chi connectivity index (χ1) is 16.8. The summed E-state index contributed by atoms with van der Waals surface area (Å²) in [5, 5.41) is 9.42. The predicted molar refractivity (Wildman–Crippen MR) is 127 cm³/mol. The Balaban J connectivity index is 1.12. The van der Waals surface area contributed by atoms with Gasteiger partial charge in [-0.3, -0.25) is 19.3 Å². The predicted octanol–water partition coefficient (Wildman–Crippen LogP) is 0.501. The van der Waals surface area contributed by atoms with Crippen molar-refractivity contribution >= 4 is 17.7 Å². The van der Waals surface area contributed by atoms with Gasteiger partial charge in [-0.1, -0.05) is 6.07 Å². The molecule has 2 N–H and O–H groups in total. The van der Waals surface area contributed by atoms with Gasteiger partial charge in [0.1, 0.15) is 6.04 Å². The molecule has 3 heterocycles. The molecule has 35 heavy (non-hydrogen) atoms. The summed E-state index contributed by atoms with van der Waals surface area (Å²) >= 11 is 0. The van der Waals surface area contributed by atoms with Crippen LogP contribution < -0.4 is 5.73 Å². The van der Waals surface area contributed by atoms with Gasteiger partial charge in [0.2, 0.25) is 11.8 Å². The second-order valence-electron chi connectivity index (χ2n) is 11.1. The minimum Gasteiger partial charge on any atom is -0.345 e. The van der Waals surface area contributed by atoms with Crippen LogP contribution in [0.3, 0.4) is 0 Å². The Bertz CT molecular complexity index is 1140. The van der Waals surface area contributed by atoms with Gasteiger partial charge in [-0.2, -0.15) is 5.26 Å². The van der Waals surface area contributed by atoms with Crippen LogP contribution in [-0.4, -0.2) is 94.7 Å². The summed E-state index contributed by atoms with van der Waals surface area (Å²) < 4.78 is 0. The summed E-state index contributed by atoms with van der Waals surface area (Å²) in [4.78, 5) is 46.3. The van der Waals surface area contributed by atoms with E-state index in [1.807, 2.05) is 18.2 Å². The van der Waals surface area contributed by atoms with Crippen molar-refractivity contribution in [3.05, 3.63) is 34.9 Å². The van der Waals surface area contributed by atoms with Crippen molar-refractivity contribution in [2.75, 3.05) is 27.2 Å². The largest absolute Gasteiger partial charge is 0.345 e. The second-order valence-corrected chi connectivity index (χ2v) is 11.1. The topological polar surface area (TPSA) is 114 Å². The molecule has 6 rings (SSSR count). The zero-order valence-electron chi connectivity index (χ0n) is 20.3. The Kier molecular flexibility index (Phi) is 5.17. The second kappa shape index (κ2) is 8.04. The van der Waals surface area contributed by atoms with Gasteiger partial charge >= 0.3 is 0 Å². The molecule has 9 nitrogen and oxygen atoms in total. The number of piperidine rings is 1. The third-order valence-electron chi connectivity index (χ3n) is 8.75. The number of hydrogen-bond acceptors (Lipinski definition) is 6. The average molecular weight is 477 g/mol. The number of nitrogens with two attached hydrogens (primary N) is 1. The molecule has 1 aromatic rings. The number of piperazine rings is 1. The van der Waals surface area contributed by atoms with Gasteiger partial charge in [0.25, 0.3) is 5.91 Å². The lowest BCUT2D eigenvalue weighted by Crippen LogP contribution is -2.57. The smallest absolute Gasteiger partial charge is 0.253 e. The Morgan fingerprint density at radius 1 is 1.23 bits per heavy atom. The molecule has 1 unspecified atom stereocenters. The molecule has 184 valence electrons. The van der Waals surface area contributed by atoms with Crippen LogP contribution in [-0.2, 0) is 16.0 Å². The third-order valence-corrected chi connectivity index (χ3v) is 8.75. The van der Waals surface area contributed by atoms with Crippen LogP contribution in [0.25, 0.3) is 0 Å². The van der Waals surface area contributed by atoms with E-state index in [1.54, 1.807) is 23.9 Å². The fourth-order valence-electron chi connectivity index (χ4n) is 6.99. The van der Waals surface area contributed by atoms with E-state index in [2.05, 4.69) is 15.9 Å². The van der Waals surface area contributed by atoms with Gasteiger partial charge in [0, 0.05) is 44.8 Å². The molecule has 7 atom stereocenters. The van der Waals surface area contributed by atoms with Crippen molar-refractivity contribution in [1.29, 1.82) is 5.26 Å². The standard InChI is InChI=1S/C26H32N6O3/c1-29(2)24(33)15-3-5-19-14(7-15)4-6-21(19)32-18-10-23(26(32)35)30(12-18)13-20(28)25(34)31-17(11-27)8-16-9-22(16)31/h3,5,7,16-18,20-23H,4,6,8-10,12-13,28H2,1-2H3/t16-,17+,18?,20+,21-,22+,23+/m1/s1. The first kappa shape index (κ1) is 22.5. The van der Waals surface area contributed by atoms with Crippen molar-refractivity contribution in [3.8, 4) is 6.07 Å². The van der Waals surface area contributed by atoms with Crippen molar-refractivity contribution in [1.82, 2.24) is 19.6 Å². The quantitative estimate of drug-likeness (QED) is 0.662. The van der Waals surface area contributed by atoms with E-state index in [0.29, 0.717) is 24.6 Å². The van der Waals surface area contributed by atoms with Crippen LogP contribution >= 0.6 is 0 Å². The molecular weight excluding hydrogens is 444 g/mol. The normalized spacial score (nSPS) is 33.5. The first-order valence-corrected chi connectivity index (χ1v) is 12.7. The lowest BCUT2D eigenvalue weighted by Gasteiger charge is -2.38. The number of aryl methyl sites for hydroxylation is 1. The van der Waals surface area contributed by atoms with Gasteiger partial charge in [-0.05, 0) is 61.3 Å². The van der Waals surface area contributed by atoms with Crippen LogP contribution in [0.15, 0.2) is 18.2 Å². The maximum absolute atomic E-state index is 13.4. The van der Waals surface area contributed by atoms with Crippen LogP contribution in [0.1, 0.15) is 53.2 Å². The van der Waals surface area contributed by atoms with E-state index in [9.17, 15) is 19.6 Å². The molecule has 3 aliphatic heterocycles. The van der Waals surface area contributed by atoms with E-state index in [4.69, 9.17) is 5.73 Å². The van der Waals surface area contributed by atoms with E-state index >= 15 is 0 Å². The van der Waals surface area contributed by atoms with Crippen molar-refractivity contribution < 1.29 is 14.4 Å². The summed E-state index contributed by atoms with van der Waals surface area (Å²) in [6.45, 7) is 1.07. The summed E-state index contributed by atoms with van der Waals surface area (Å²) in [5.41, 5.74) is 9.32. The SMILES string of the molecule is CN(C)C(=O)c1ccc2c(c1)CC[C@H]2N1C(=O)[C@@H]2CC1CN2C[C@H](N)C(=O)N1[C@H](C#N)C[C@@H]2C[C@@H]21. The minimum absolute atomic E-state index is 0.0127. The van der Waals surface area contributed by atoms with Crippen LogP contribution in [0.4, 0.5) is 0 Å². The number of carbonyl (C=O) groups is 3. The molecule has 2 aliphatic carbocycles. The van der Waals surface area contributed by atoms with Crippen LogP contribution in [0, 0.1) is 17.2 Å². The summed E-state index contributed by atoms with van der Waals surface area (Å²) in [5.74, 6) is 0.411. The highest BCUT2D eigenvalue weighted by molar-refractivity contribution is 5.94. The van der Waals surface area contributed by atoms with Crippen molar-refractivity contribution in [2.24, 2.45) is 11.7 Å². The zero-order chi connectivity index (χ0) is 24.6. The average Bonchev–Trinajstić information content (AvgIpc) is 3.18. The number of hydrogen-bond donors (Lipinski definition) is 1. The lowest BCUT2D eigenvalue weighted by molar-refractivity contribution is -0.141. The monoisotopic (exact) mass is 476 g/mol. The van der Waals surface area contributed by atoms with Gasteiger partial charge in [0.15, 0.2) is 0 Å². The van der Waals surface area contributed by atoms with Gasteiger partial charge in [0.05, 0.1) is 24.2 Å². The number of nitriles is 1. The number of amides is 3. The fraction of sp³-hybridized carbons (Fsp3) is 0.615. The maximum atomic E-state index is 13.4. The Hall–Kier alpha value is -2.96. The van der Waals surface area contributed by atoms with Gasteiger partial charge in [-0.25, -0.2) is 0 Å². The van der Waals surface area contributed by atoms with Crippen LogP contribution in [0.5, 0.6) is 0 Å². The van der Waals surface area contributed by atoms with E-state index in [-0.39, 0.29) is 47.9 Å². The molecule has 0 radical (unpaired) electrons. The Morgan fingerprint density at radius 3 is 2.74 bits per heavy atom. The molecule has 0 aromatic heterocycles. The molecule has 9 heteroatoms. The highest BCUT2D eigenvalue weighted by Gasteiger charge is 2.56. The molecule has 4 fully saturated rings. The molecule has 1 aromatic carbocycles. The summed E-state index contributed by atoms with van der Waals surface area (Å²) in [6, 6.07) is 7.13. The molecule has 2 bridgehead atoms. The van der Waals surface area contributed by atoms with E-state index < -0.39 is 6.04 Å². The molecule has 5 aliphatic rings. The van der Waals surface area contributed by atoms with Gasteiger partial charge in [-0.15, -0.1) is 0 Å². The van der Waals surface area contributed by atoms with Gasteiger partial charge < -0.3 is 20.4 Å². The maximum Gasteiger partial charge on any atom is 0.253 e. The summed E-state index contributed by atoms with van der Waals surface area (Å²) in [7, 11) is 3.50. The number of rotatable bonds is 5. The Labute approximate surface area is 205 Å². The molecule has 3 amide bonds. The van der Waals surface area contributed by atoms with E-state index in [0.717, 1.165) is 43.2 Å². The van der Waals surface area contributed by atoms with Crippen LogP contribution in [0.2, 0.25) is 0 Å².